The first-order valence-corrected chi connectivity index (χ1v) is 9.10. The van der Waals surface area contributed by atoms with Gasteiger partial charge in [-0.05, 0) is 37.0 Å². The van der Waals surface area contributed by atoms with E-state index in [1.807, 2.05) is 13.0 Å². The highest BCUT2D eigenvalue weighted by Crippen LogP contribution is 2.40. The van der Waals surface area contributed by atoms with E-state index in [2.05, 4.69) is 5.32 Å². The number of carbonyl (C=O) groups excluding carboxylic acids is 1. The lowest BCUT2D eigenvalue weighted by atomic mass is 9.99. The molecule has 1 N–H and O–H groups in total. The molecule has 3 rings (SSSR count). The summed E-state index contributed by atoms with van der Waals surface area (Å²) >= 11 is 0. The van der Waals surface area contributed by atoms with Gasteiger partial charge < -0.3 is 24.4 Å². The van der Waals surface area contributed by atoms with Crippen LogP contribution in [0.3, 0.4) is 0 Å². The molecule has 0 radical (unpaired) electrons. The van der Waals surface area contributed by atoms with Gasteiger partial charge in [0.05, 0.1) is 33.6 Å². The molecular formula is C21H25FN2O4. The molecule has 0 spiro atoms. The van der Waals surface area contributed by atoms with Crippen molar-refractivity contribution in [3.63, 3.8) is 0 Å². The summed E-state index contributed by atoms with van der Waals surface area (Å²) in [5.74, 6) is 0.812. The predicted molar refractivity (Wildman–Crippen MR) is 106 cm³/mol. The van der Waals surface area contributed by atoms with E-state index in [0.29, 0.717) is 35.2 Å². The van der Waals surface area contributed by atoms with Crippen LogP contribution in [0.5, 0.6) is 17.2 Å². The van der Waals surface area contributed by atoms with Crippen molar-refractivity contribution in [1.29, 1.82) is 0 Å². The number of amides is 1. The van der Waals surface area contributed by atoms with Gasteiger partial charge in [0.15, 0.2) is 11.5 Å². The van der Waals surface area contributed by atoms with E-state index >= 15 is 0 Å². The number of rotatable bonds is 6. The van der Waals surface area contributed by atoms with Crippen molar-refractivity contribution < 1.29 is 23.4 Å². The highest BCUT2D eigenvalue weighted by Gasteiger charge is 2.23. The van der Waals surface area contributed by atoms with Crippen LogP contribution in [-0.2, 0) is 11.2 Å². The number of methoxy groups -OCH3 is 3. The van der Waals surface area contributed by atoms with Crippen molar-refractivity contribution >= 4 is 17.3 Å². The molecule has 0 atom stereocenters. The number of fused-ring (bicyclic) bond motifs is 1. The monoisotopic (exact) mass is 388 g/mol. The Hall–Kier alpha value is -2.96. The van der Waals surface area contributed by atoms with Crippen LogP contribution < -0.4 is 24.4 Å². The molecule has 6 nitrogen and oxygen atoms in total. The maximum atomic E-state index is 14.5. The van der Waals surface area contributed by atoms with Crippen LogP contribution in [-0.4, -0.2) is 40.3 Å². The molecule has 1 heterocycles. The molecule has 0 fully saturated rings. The number of aryl methyl sites for hydroxylation is 2. The Morgan fingerprint density at radius 1 is 1.11 bits per heavy atom. The fourth-order valence-electron chi connectivity index (χ4n) is 3.61. The van der Waals surface area contributed by atoms with Crippen molar-refractivity contribution in [2.45, 2.75) is 19.8 Å². The molecule has 1 aliphatic heterocycles. The van der Waals surface area contributed by atoms with E-state index in [1.165, 1.54) is 27.4 Å². The summed E-state index contributed by atoms with van der Waals surface area (Å²) in [6.45, 7) is 2.57. The predicted octanol–water partition coefficient (Wildman–Crippen LogP) is 3.55. The standard InChI is InChI=1S/C21H25FN2O4/c1-13-8-14-6-5-7-24(20(14)16(22)9-13)12-19(25)23-15-10-17(26-2)21(28-4)18(11-15)27-3/h8-11H,5-7,12H2,1-4H3,(H,23,25). The van der Waals surface area contributed by atoms with Crippen LogP contribution >= 0.6 is 0 Å². The number of carbonyl (C=O) groups is 1. The van der Waals surface area contributed by atoms with Gasteiger partial charge in [0.2, 0.25) is 11.7 Å². The highest BCUT2D eigenvalue weighted by molar-refractivity contribution is 5.95. The Morgan fingerprint density at radius 2 is 1.79 bits per heavy atom. The lowest BCUT2D eigenvalue weighted by Gasteiger charge is -2.31. The number of nitrogens with one attached hydrogen (secondary N) is 1. The molecule has 0 aromatic heterocycles. The molecule has 0 unspecified atom stereocenters. The van der Waals surface area contributed by atoms with Gasteiger partial charge in [-0.1, -0.05) is 6.07 Å². The number of nitrogens with zero attached hydrogens (tertiary/aromatic N) is 1. The molecule has 2 aromatic rings. The van der Waals surface area contributed by atoms with Crippen LogP contribution in [0.25, 0.3) is 0 Å². The Morgan fingerprint density at radius 3 is 2.39 bits per heavy atom. The minimum atomic E-state index is -0.282. The van der Waals surface area contributed by atoms with Crippen LogP contribution in [0.2, 0.25) is 0 Å². The SMILES string of the molecule is COc1cc(NC(=O)CN2CCCc3cc(C)cc(F)c32)cc(OC)c1OC. The maximum absolute atomic E-state index is 14.5. The Bertz CT molecular complexity index is 860. The van der Waals surface area contributed by atoms with E-state index in [-0.39, 0.29) is 18.3 Å². The van der Waals surface area contributed by atoms with Crippen molar-refractivity contribution in [2.75, 3.05) is 44.6 Å². The van der Waals surface area contributed by atoms with Crippen LogP contribution in [0.4, 0.5) is 15.8 Å². The lowest BCUT2D eigenvalue weighted by molar-refractivity contribution is -0.115. The summed E-state index contributed by atoms with van der Waals surface area (Å²) in [7, 11) is 4.54. The summed E-state index contributed by atoms with van der Waals surface area (Å²) < 4.78 is 30.4. The summed E-state index contributed by atoms with van der Waals surface area (Å²) in [5, 5.41) is 2.83. The fraction of sp³-hybridized carbons (Fsp3) is 0.381. The lowest BCUT2D eigenvalue weighted by Crippen LogP contribution is -2.37. The van der Waals surface area contributed by atoms with Crippen molar-refractivity contribution in [2.24, 2.45) is 0 Å². The third-order valence-electron chi connectivity index (χ3n) is 4.76. The highest BCUT2D eigenvalue weighted by atomic mass is 19.1. The van der Waals surface area contributed by atoms with E-state index in [4.69, 9.17) is 14.2 Å². The summed E-state index contributed by atoms with van der Waals surface area (Å²) in [6.07, 6.45) is 1.70. The average molecular weight is 388 g/mol. The summed E-state index contributed by atoms with van der Waals surface area (Å²) in [6, 6.07) is 6.82. The second-order valence-corrected chi connectivity index (χ2v) is 6.74. The van der Waals surface area contributed by atoms with Gasteiger partial charge in [0, 0.05) is 24.4 Å². The van der Waals surface area contributed by atoms with Crippen LogP contribution in [0, 0.1) is 12.7 Å². The van der Waals surface area contributed by atoms with Crippen LogP contribution in [0.15, 0.2) is 24.3 Å². The third kappa shape index (κ3) is 3.98. The first kappa shape index (κ1) is 19.8. The third-order valence-corrected chi connectivity index (χ3v) is 4.76. The zero-order valence-corrected chi connectivity index (χ0v) is 16.6. The molecule has 7 heteroatoms. The number of halogens is 1. The first-order valence-electron chi connectivity index (χ1n) is 9.10. The number of anilines is 2. The topological polar surface area (TPSA) is 60.0 Å². The zero-order chi connectivity index (χ0) is 20.3. The van der Waals surface area contributed by atoms with Crippen LogP contribution in [0.1, 0.15) is 17.5 Å². The first-order chi connectivity index (χ1) is 13.5. The zero-order valence-electron chi connectivity index (χ0n) is 16.6. The Balaban J connectivity index is 1.79. The number of benzene rings is 2. The average Bonchev–Trinajstić information content (AvgIpc) is 2.66. The maximum Gasteiger partial charge on any atom is 0.243 e. The molecule has 150 valence electrons. The molecule has 0 bridgehead atoms. The van der Waals surface area contributed by atoms with Gasteiger partial charge in [-0.15, -0.1) is 0 Å². The van der Waals surface area contributed by atoms with Gasteiger partial charge in [0.1, 0.15) is 5.82 Å². The van der Waals surface area contributed by atoms with E-state index in [9.17, 15) is 9.18 Å². The smallest absolute Gasteiger partial charge is 0.243 e. The van der Waals surface area contributed by atoms with Crippen molar-refractivity contribution in [1.82, 2.24) is 0 Å². The second-order valence-electron chi connectivity index (χ2n) is 6.74. The minimum absolute atomic E-state index is 0.0592. The van der Waals surface area contributed by atoms with Gasteiger partial charge >= 0.3 is 0 Å². The van der Waals surface area contributed by atoms with Crippen molar-refractivity contribution in [3.05, 3.63) is 41.2 Å². The van der Waals surface area contributed by atoms with Gasteiger partial charge in [-0.2, -0.15) is 0 Å². The van der Waals surface area contributed by atoms with Gasteiger partial charge in [0.25, 0.3) is 0 Å². The largest absolute Gasteiger partial charge is 0.493 e. The van der Waals surface area contributed by atoms with Crippen molar-refractivity contribution in [3.8, 4) is 17.2 Å². The van der Waals surface area contributed by atoms with E-state index in [0.717, 1.165) is 24.0 Å². The summed E-state index contributed by atoms with van der Waals surface area (Å²) in [4.78, 5) is 14.4. The Labute approximate surface area is 164 Å². The quantitative estimate of drug-likeness (QED) is 0.820. The fourth-order valence-corrected chi connectivity index (χ4v) is 3.61. The minimum Gasteiger partial charge on any atom is -0.493 e. The molecule has 2 aromatic carbocycles. The molecule has 0 saturated heterocycles. The number of hydrogen-bond donors (Lipinski definition) is 1. The van der Waals surface area contributed by atoms with E-state index < -0.39 is 0 Å². The van der Waals surface area contributed by atoms with Gasteiger partial charge in [-0.25, -0.2) is 4.39 Å². The van der Waals surface area contributed by atoms with Gasteiger partial charge in [-0.3, -0.25) is 4.79 Å². The number of ether oxygens (including phenoxy) is 3. The molecule has 1 amide bonds. The summed E-state index contributed by atoms with van der Waals surface area (Å²) in [5.41, 5.74) is 2.88. The second kappa shape index (κ2) is 8.37. The molecule has 1 aliphatic rings. The normalized spacial score (nSPS) is 13.0. The molecule has 0 aliphatic carbocycles. The molecule has 28 heavy (non-hydrogen) atoms. The number of hydrogen-bond acceptors (Lipinski definition) is 5. The molecule has 0 saturated carbocycles. The Kier molecular flexibility index (Phi) is 5.92. The van der Waals surface area contributed by atoms with E-state index in [1.54, 1.807) is 17.0 Å². The molecular weight excluding hydrogens is 363 g/mol.